The maximum Gasteiger partial charge on any atom is 0.409 e. The van der Waals surface area contributed by atoms with E-state index in [1.165, 1.54) is 0 Å². The highest BCUT2D eigenvalue weighted by molar-refractivity contribution is 9.09. The topological polar surface area (TPSA) is 41.6 Å². The molecule has 0 aliphatic carbocycles. The van der Waals surface area contributed by atoms with Gasteiger partial charge in [-0.25, -0.2) is 4.79 Å². The summed E-state index contributed by atoms with van der Waals surface area (Å²) in [5.41, 5.74) is 0. The van der Waals surface area contributed by atoms with Crippen LogP contribution in [0, 0.1) is 0 Å². The fraction of sp³-hybridized carbons (Fsp3) is 0.857. The number of nitrogens with zero attached hydrogens (tertiary/aromatic N) is 1. The average Bonchev–Trinajstić information content (AvgIpc) is 2.15. The van der Waals surface area contributed by atoms with Gasteiger partial charge < -0.3 is 15.0 Å². The lowest BCUT2D eigenvalue weighted by molar-refractivity contribution is 0.103. The molecule has 1 aliphatic heterocycles. The van der Waals surface area contributed by atoms with E-state index in [2.05, 4.69) is 21.2 Å². The molecule has 1 rings (SSSR count). The highest BCUT2D eigenvalue weighted by Gasteiger charge is 2.16. The van der Waals surface area contributed by atoms with Crippen LogP contribution < -0.4 is 5.32 Å². The van der Waals surface area contributed by atoms with E-state index in [0.29, 0.717) is 11.9 Å². The number of rotatable bonds is 2. The van der Waals surface area contributed by atoms with Crippen LogP contribution >= 0.6 is 15.9 Å². The van der Waals surface area contributed by atoms with Crippen LogP contribution in [-0.2, 0) is 4.74 Å². The monoisotopic (exact) mass is 236 g/mol. The van der Waals surface area contributed by atoms with Gasteiger partial charge in [-0.15, -0.1) is 0 Å². The van der Waals surface area contributed by atoms with E-state index in [4.69, 9.17) is 4.74 Å². The lowest BCUT2D eigenvalue weighted by Crippen LogP contribution is -2.46. The fourth-order valence-corrected chi connectivity index (χ4v) is 1.23. The largest absolute Gasteiger partial charge is 0.449 e. The normalized spacial score (nSPS) is 17.6. The van der Waals surface area contributed by atoms with Crippen LogP contribution in [0.3, 0.4) is 0 Å². The van der Waals surface area contributed by atoms with Crippen LogP contribution in [0.2, 0.25) is 0 Å². The van der Waals surface area contributed by atoms with Crippen molar-refractivity contribution in [2.45, 2.75) is 0 Å². The Morgan fingerprint density at radius 2 is 2.17 bits per heavy atom. The second-order valence-electron chi connectivity index (χ2n) is 2.54. The first-order valence-electron chi connectivity index (χ1n) is 4.03. The molecular weight excluding hydrogens is 224 g/mol. The molecule has 0 radical (unpaired) electrons. The Labute approximate surface area is 80.4 Å². The number of nitrogens with one attached hydrogen (secondary N) is 1. The maximum atomic E-state index is 11.2. The lowest BCUT2D eigenvalue weighted by Gasteiger charge is -2.26. The quantitative estimate of drug-likeness (QED) is 0.708. The van der Waals surface area contributed by atoms with Crippen molar-refractivity contribution in [3.05, 3.63) is 0 Å². The Morgan fingerprint density at radius 3 is 2.75 bits per heavy atom. The van der Waals surface area contributed by atoms with Crippen molar-refractivity contribution in [1.82, 2.24) is 10.2 Å². The Hall–Kier alpha value is -0.290. The second kappa shape index (κ2) is 5.37. The van der Waals surface area contributed by atoms with Crippen LogP contribution in [0.5, 0.6) is 0 Å². The summed E-state index contributed by atoms with van der Waals surface area (Å²) in [4.78, 5) is 12.9. The zero-order valence-electron chi connectivity index (χ0n) is 6.88. The molecule has 1 heterocycles. The third-order valence-corrected chi connectivity index (χ3v) is 2.00. The van der Waals surface area contributed by atoms with Crippen molar-refractivity contribution in [3.8, 4) is 0 Å². The predicted molar refractivity (Wildman–Crippen MR) is 49.6 cm³/mol. The molecule has 1 aliphatic rings. The van der Waals surface area contributed by atoms with Crippen molar-refractivity contribution in [1.29, 1.82) is 0 Å². The van der Waals surface area contributed by atoms with Crippen LogP contribution in [-0.4, -0.2) is 49.1 Å². The van der Waals surface area contributed by atoms with Crippen molar-refractivity contribution < 1.29 is 9.53 Å². The van der Waals surface area contributed by atoms with Gasteiger partial charge in [0.1, 0.15) is 6.61 Å². The third kappa shape index (κ3) is 2.98. The number of hydrogen-bond donors (Lipinski definition) is 1. The lowest BCUT2D eigenvalue weighted by atomic mass is 10.4. The van der Waals surface area contributed by atoms with E-state index in [-0.39, 0.29) is 6.09 Å². The van der Waals surface area contributed by atoms with E-state index in [9.17, 15) is 4.79 Å². The van der Waals surface area contributed by atoms with Gasteiger partial charge in [-0.05, 0) is 0 Å². The first-order valence-corrected chi connectivity index (χ1v) is 5.15. The van der Waals surface area contributed by atoms with Crippen molar-refractivity contribution in [3.63, 3.8) is 0 Å². The molecule has 1 amide bonds. The van der Waals surface area contributed by atoms with Gasteiger partial charge in [0.15, 0.2) is 0 Å². The van der Waals surface area contributed by atoms with Gasteiger partial charge in [0.2, 0.25) is 0 Å². The molecule has 1 saturated heterocycles. The molecule has 0 spiro atoms. The number of amides is 1. The second-order valence-corrected chi connectivity index (χ2v) is 3.33. The van der Waals surface area contributed by atoms with Crippen LogP contribution in [0.1, 0.15) is 0 Å². The number of carbonyl (C=O) groups is 1. The van der Waals surface area contributed by atoms with E-state index < -0.39 is 0 Å². The minimum Gasteiger partial charge on any atom is -0.449 e. The Kier molecular flexibility index (Phi) is 4.39. The van der Waals surface area contributed by atoms with Gasteiger partial charge in [0.05, 0.1) is 0 Å². The molecule has 1 fully saturated rings. The van der Waals surface area contributed by atoms with E-state index in [0.717, 1.165) is 26.2 Å². The summed E-state index contributed by atoms with van der Waals surface area (Å²) in [7, 11) is 0. The van der Waals surface area contributed by atoms with Crippen LogP contribution in [0.4, 0.5) is 4.79 Å². The van der Waals surface area contributed by atoms with Gasteiger partial charge in [0.25, 0.3) is 0 Å². The minimum absolute atomic E-state index is 0.198. The maximum absolute atomic E-state index is 11.2. The highest BCUT2D eigenvalue weighted by atomic mass is 79.9. The molecule has 0 atom stereocenters. The van der Waals surface area contributed by atoms with E-state index in [1.807, 2.05) is 0 Å². The van der Waals surface area contributed by atoms with Crippen LogP contribution in [0.15, 0.2) is 0 Å². The number of carbonyl (C=O) groups excluding carboxylic acids is 1. The first kappa shape index (κ1) is 9.80. The number of ether oxygens (including phenoxy) is 1. The van der Waals surface area contributed by atoms with Gasteiger partial charge in [-0.2, -0.15) is 0 Å². The summed E-state index contributed by atoms with van der Waals surface area (Å²) in [6, 6.07) is 0. The molecule has 0 aromatic heterocycles. The molecule has 5 heteroatoms. The molecule has 12 heavy (non-hydrogen) atoms. The molecule has 0 bridgehead atoms. The fourth-order valence-electron chi connectivity index (χ4n) is 1.06. The molecule has 1 N–H and O–H groups in total. The summed E-state index contributed by atoms with van der Waals surface area (Å²) in [6.07, 6.45) is -0.198. The molecule has 4 nitrogen and oxygen atoms in total. The highest BCUT2D eigenvalue weighted by Crippen LogP contribution is 1.96. The molecule has 70 valence electrons. The van der Waals surface area contributed by atoms with E-state index >= 15 is 0 Å². The summed E-state index contributed by atoms with van der Waals surface area (Å²) in [5, 5.41) is 3.87. The number of piperazine rings is 1. The van der Waals surface area contributed by atoms with E-state index in [1.54, 1.807) is 4.90 Å². The first-order chi connectivity index (χ1) is 5.84. The van der Waals surface area contributed by atoms with Gasteiger partial charge in [-0.1, -0.05) is 15.9 Å². The van der Waals surface area contributed by atoms with Crippen LogP contribution in [0.25, 0.3) is 0 Å². The standard InChI is InChI=1S/C7H13BrN2O2/c8-1-6-12-7(11)10-4-2-9-3-5-10/h9H,1-6H2. The Bertz CT molecular complexity index is 148. The zero-order valence-corrected chi connectivity index (χ0v) is 8.47. The molecule has 0 aromatic rings. The van der Waals surface area contributed by atoms with Gasteiger partial charge in [-0.3, -0.25) is 0 Å². The van der Waals surface area contributed by atoms with Crippen molar-refractivity contribution in [2.75, 3.05) is 38.1 Å². The smallest absolute Gasteiger partial charge is 0.409 e. The average molecular weight is 237 g/mol. The van der Waals surface area contributed by atoms with Crippen molar-refractivity contribution in [2.24, 2.45) is 0 Å². The number of hydrogen-bond acceptors (Lipinski definition) is 3. The van der Waals surface area contributed by atoms with Gasteiger partial charge >= 0.3 is 6.09 Å². The number of alkyl halides is 1. The van der Waals surface area contributed by atoms with Gasteiger partial charge in [0, 0.05) is 31.5 Å². The van der Waals surface area contributed by atoms with Crippen molar-refractivity contribution >= 4 is 22.0 Å². The number of halogens is 1. The minimum atomic E-state index is -0.198. The molecular formula is C7H13BrN2O2. The predicted octanol–water partition coefficient (Wildman–Crippen LogP) is 0.423. The zero-order chi connectivity index (χ0) is 8.81. The Balaban J connectivity index is 2.20. The summed E-state index contributed by atoms with van der Waals surface area (Å²) in [5.74, 6) is 0. The summed E-state index contributed by atoms with van der Waals surface area (Å²) >= 11 is 3.19. The third-order valence-electron chi connectivity index (χ3n) is 1.68. The summed E-state index contributed by atoms with van der Waals surface area (Å²) in [6.45, 7) is 3.68. The molecule has 0 aromatic carbocycles. The SMILES string of the molecule is O=C(OCCBr)N1CCNCC1. The Morgan fingerprint density at radius 1 is 1.50 bits per heavy atom. The molecule has 0 saturated carbocycles. The molecule has 0 unspecified atom stereocenters. The summed E-state index contributed by atoms with van der Waals surface area (Å²) < 4.78 is 4.94.